The number of fused-ring (bicyclic) bond motifs is 1. The van der Waals surface area contributed by atoms with Crippen molar-refractivity contribution in [3.8, 4) is 0 Å². The van der Waals surface area contributed by atoms with Crippen molar-refractivity contribution in [3.63, 3.8) is 0 Å². The highest BCUT2D eigenvalue weighted by atomic mass is 16.3. The molecule has 1 aromatic heterocycles. The molecule has 0 spiro atoms. The van der Waals surface area contributed by atoms with Gasteiger partial charge in [-0.25, -0.2) is 9.97 Å². The van der Waals surface area contributed by atoms with E-state index in [4.69, 9.17) is 5.11 Å². The predicted molar refractivity (Wildman–Crippen MR) is 102 cm³/mol. The number of carbonyl (C=O) groups excluding carboxylic acids is 2. The lowest BCUT2D eigenvalue weighted by atomic mass is 10.0. The van der Waals surface area contributed by atoms with E-state index < -0.39 is 0 Å². The normalized spacial score (nSPS) is 19.0. The van der Waals surface area contributed by atoms with Gasteiger partial charge in [-0.1, -0.05) is 12.2 Å². The summed E-state index contributed by atoms with van der Waals surface area (Å²) >= 11 is 0. The molecular formula is C19H25N5O3. The minimum Gasteiger partial charge on any atom is -0.395 e. The zero-order chi connectivity index (χ0) is 19.2. The monoisotopic (exact) mass is 371 g/mol. The second kappa shape index (κ2) is 8.77. The second-order valence-electron chi connectivity index (χ2n) is 6.61. The fraction of sp³-hybridized carbons (Fsp3) is 0.474. The molecule has 0 unspecified atom stereocenters. The van der Waals surface area contributed by atoms with Gasteiger partial charge in [-0.15, -0.1) is 0 Å². The summed E-state index contributed by atoms with van der Waals surface area (Å²) in [5.74, 6) is 0.392. The Morgan fingerprint density at radius 1 is 1.41 bits per heavy atom. The van der Waals surface area contributed by atoms with Gasteiger partial charge in [0, 0.05) is 37.7 Å². The standard InChI is InChI=1S/C19H25N5O3/c1-2-4-16(26)24-9-3-5-13(11-24)23-18-17-14(19(27)20-8-10-25)6-7-15(17)21-12-22-18/h2,4,6,12-13,25H,3,5,7-11H2,1H3,(H,20,27)(H,21,22,23)/b4-2+/t13-/m1/s1. The molecule has 8 nitrogen and oxygen atoms in total. The van der Waals surface area contributed by atoms with E-state index >= 15 is 0 Å². The molecule has 3 N–H and O–H groups in total. The highest BCUT2D eigenvalue weighted by Gasteiger charge is 2.28. The van der Waals surface area contributed by atoms with Crippen LogP contribution < -0.4 is 10.6 Å². The van der Waals surface area contributed by atoms with Crippen molar-refractivity contribution >= 4 is 23.2 Å². The van der Waals surface area contributed by atoms with Crippen LogP contribution in [0.5, 0.6) is 0 Å². The van der Waals surface area contributed by atoms with Crippen molar-refractivity contribution in [1.82, 2.24) is 20.2 Å². The van der Waals surface area contributed by atoms with E-state index in [0.29, 0.717) is 29.9 Å². The fourth-order valence-corrected chi connectivity index (χ4v) is 3.48. The van der Waals surface area contributed by atoms with Gasteiger partial charge in [-0.05, 0) is 25.8 Å². The molecule has 0 aromatic carbocycles. The number of carbonyl (C=O) groups is 2. The maximum atomic E-state index is 12.4. The highest BCUT2D eigenvalue weighted by molar-refractivity contribution is 6.22. The van der Waals surface area contributed by atoms with Crippen LogP contribution in [-0.4, -0.2) is 64.1 Å². The first kappa shape index (κ1) is 19.0. The smallest absolute Gasteiger partial charge is 0.251 e. The molecular weight excluding hydrogens is 346 g/mol. The Kier molecular flexibility index (Phi) is 6.18. The van der Waals surface area contributed by atoms with Gasteiger partial charge >= 0.3 is 0 Å². The lowest BCUT2D eigenvalue weighted by molar-refractivity contribution is -0.127. The maximum Gasteiger partial charge on any atom is 0.251 e. The zero-order valence-electron chi connectivity index (χ0n) is 15.4. The second-order valence-corrected chi connectivity index (χ2v) is 6.61. The number of amides is 2. The van der Waals surface area contributed by atoms with E-state index in [-0.39, 0.29) is 31.0 Å². The Bertz CT molecular complexity index is 775. The van der Waals surface area contributed by atoms with Crippen LogP contribution in [0, 0.1) is 0 Å². The molecule has 1 aromatic rings. The molecule has 1 atom stereocenters. The summed E-state index contributed by atoms with van der Waals surface area (Å²) in [4.78, 5) is 35.0. The number of allylic oxidation sites excluding steroid dienone is 2. The zero-order valence-corrected chi connectivity index (χ0v) is 15.4. The van der Waals surface area contributed by atoms with Gasteiger partial charge in [0.25, 0.3) is 5.91 Å². The first-order valence-electron chi connectivity index (χ1n) is 9.25. The van der Waals surface area contributed by atoms with Crippen LogP contribution >= 0.6 is 0 Å². The Balaban J connectivity index is 1.75. The molecule has 27 heavy (non-hydrogen) atoms. The Hall–Kier alpha value is -2.74. The lowest BCUT2D eigenvalue weighted by Gasteiger charge is -2.33. The Labute approximate surface area is 158 Å². The van der Waals surface area contributed by atoms with Crippen LogP contribution in [0.2, 0.25) is 0 Å². The van der Waals surface area contributed by atoms with Gasteiger partial charge in [0.2, 0.25) is 5.91 Å². The topological polar surface area (TPSA) is 107 Å². The molecule has 8 heteroatoms. The van der Waals surface area contributed by atoms with Crippen molar-refractivity contribution in [2.45, 2.75) is 32.2 Å². The maximum absolute atomic E-state index is 12.4. The first-order chi connectivity index (χ1) is 13.1. The quantitative estimate of drug-likeness (QED) is 0.629. The average Bonchev–Trinajstić information content (AvgIpc) is 3.12. The molecule has 2 heterocycles. The van der Waals surface area contributed by atoms with Crippen molar-refractivity contribution in [1.29, 1.82) is 0 Å². The summed E-state index contributed by atoms with van der Waals surface area (Å²) < 4.78 is 0. The Morgan fingerprint density at radius 3 is 3.04 bits per heavy atom. The number of likely N-dealkylation sites (tertiary alicyclic amines) is 1. The third-order valence-electron chi connectivity index (χ3n) is 4.72. The molecule has 1 aliphatic carbocycles. The lowest BCUT2D eigenvalue weighted by Crippen LogP contribution is -2.44. The molecule has 1 saturated heterocycles. The third-order valence-corrected chi connectivity index (χ3v) is 4.72. The predicted octanol–water partition coefficient (Wildman–Crippen LogP) is 0.504. The third kappa shape index (κ3) is 4.33. The summed E-state index contributed by atoms with van der Waals surface area (Å²) in [5.41, 5.74) is 2.04. The van der Waals surface area contributed by atoms with Crippen LogP contribution in [0.3, 0.4) is 0 Å². The van der Waals surface area contributed by atoms with Gasteiger partial charge < -0.3 is 20.6 Å². The first-order valence-corrected chi connectivity index (χ1v) is 9.25. The molecule has 2 aliphatic rings. The summed E-state index contributed by atoms with van der Waals surface area (Å²) in [6, 6.07) is 0.0642. The number of nitrogens with one attached hydrogen (secondary N) is 2. The van der Waals surface area contributed by atoms with E-state index in [9.17, 15) is 9.59 Å². The van der Waals surface area contributed by atoms with E-state index in [2.05, 4.69) is 20.6 Å². The minimum atomic E-state index is -0.241. The fourth-order valence-electron chi connectivity index (χ4n) is 3.48. The van der Waals surface area contributed by atoms with Gasteiger partial charge in [0.15, 0.2) is 0 Å². The molecule has 3 rings (SSSR count). The summed E-state index contributed by atoms with van der Waals surface area (Å²) in [5, 5.41) is 15.0. The molecule has 0 saturated carbocycles. The number of rotatable bonds is 6. The summed E-state index contributed by atoms with van der Waals surface area (Å²) in [6.45, 7) is 3.26. The molecule has 1 fully saturated rings. The van der Waals surface area contributed by atoms with E-state index in [1.54, 1.807) is 12.2 Å². The molecule has 144 valence electrons. The summed E-state index contributed by atoms with van der Waals surface area (Å²) in [6.07, 6.45) is 9.07. The number of aromatic nitrogens is 2. The largest absolute Gasteiger partial charge is 0.395 e. The van der Waals surface area contributed by atoms with Crippen LogP contribution in [-0.2, 0) is 16.0 Å². The van der Waals surface area contributed by atoms with Gasteiger partial charge in [-0.3, -0.25) is 9.59 Å². The summed E-state index contributed by atoms with van der Waals surface area (Å²) in [7, 11) is 0. The van der Waals surface area contributed by atoms with Crippen LogP contribution in [0.4, 0.5) is 5.82 Å². The van der Waals surface area contributed by atoms with E-state index in [0.717, 1.165) is 25.1 Å². The van der Waals surface area contributed by atoms with Crippen LogP contribution in [0.25, 0.3) is 5.57 Å². The van der Waals surface area contributed by atoms with Gasteiger partial charge in [0.1, 0.15) is 12.1 Å². The minimum absolute atomic E-state index is 0.0147. The number of hydrogen-bond donors (Lipinski definition) is 3. The SMILES string of the molecule is C/C=C/C(=O)N1CCC[C@@H](Nc2ncnc3c2C(C(=O)NCCO)=CC3)C1. The van der Waals surface area contributed by atoms with Crippen molar-refractivity contribution in [2.24, 2.45) is 0 Å². The van der Waals surface area contributed by atoms with Crippen molar-refractivity contribution in [2.75, 3.05) is 31.6 Å². The molecule has 0 radical (unpaired) electrons. The van der Waals surface area contributed by atoms with Crippen LogP contribution in [0.1, 0.15) is 31.0 Å². The van der Waals surface area contributed by atoms with Crippen molar-refractivity contribution in [3.05, 3.63) is 35.8 Å². The van der Waals surface area contributed by atoms with E-state index in [1.807, 2.05) is 17.9 Å². The van der Waals surface area contributed by atoms with Gasteiger partial charge in [-0.2, -0.15) is 0 Å². The number of anilines is 1. The van der Waals surface area contributed by atoms with Crippen LogP contribution in [0.15, 0.2) is 24.6 Å². The molecule has 1 aliphatic heterocycles. The number of aliphatic hydroxyl groups is 1. The number of aliphatic hydroxyl groups excluding tert-OH is 1. The average molecular weight is 371 g/mol. The Morgan fingerprint density at radius 2 is 2.26 bits per heavy atom. The molecule has 2 amide bonds. The van der Waals surface area contributed by atoms with E-state index in [1.165, 1.54) is 6.33 Å². The molecule has 0 bridgehead atoms. The highest BCUT2D eigenvalue weighted by Crippen LogP contribution is 2.32. The number of piperidine rings is 1. The number of hydrogen-bond acceptors (Lipinski definition) is 6. The van der Waals surface area contributed by atoms with Gasteiger partial charge in [0.05, 0.1) is 17.9 Å². The number of nitrogens with zero attached hydrogens (tertiary/aromatic N) is 3. The van der Waals surface area contributed by atoms with Crippen molar-refractivity contribution < 1.29 is 14.7 Å².